The Morgan fingerprint density at radius 1 is 1.04 bits per heavy atom. The van der Waals surface area contributed by atoms with E-state index in [1.54, 1.807) is 12.1 Å². The number of hydrogen-bond acceptors (Lipinski definition) is 2. The van der Waals surface area contributed by atoms with Gasteiger partial charge in [0.05, 0.1) is 11.0 Å². The Hall–Kier alpha value is -2.66. The highest BCUT2D eigenvalue weighted by atomic mass is 35.5. The number of nitro groups is 1. The highest BCUT2D eigenvalue weighted by molar-refractivity contribution is 5.89. The van der Waals surface area contributed by atoms with Crippen LogP contribution >= 0.6 is 0 Å². The lowest BCUT2D eigenvalue weighted by Gasteiger charge is -2.03. The molecule has 2 aromatic heterocycles. The Kier molecular flexibility index (Phi) is 3.89. The van der Waals surface area contributed by atoms with Gasteiger partial charge < -0.3 is 12.4 Å². The number of hydrogen-bond donors (Lipinski definition) is 0. The fourth-order valence-electron chi connectivity index (χ4n) is 3.32. The van der Waals surface area contributed by atoms with Crippen LogP contribution in [0.1, 0.15) is 19.9 Å². The predicted octanol–water partition coefficient (Wildman–Crippen LogP) is 1.03. The first kappa shape index (κ1) is 16.2. The summed E-state index contributed by atoms with van der Waals surface area (Å²) in [4.78, 5) is 10.7. The van der Waals surface area contributed by atoms with E-state index in [0.717, 1.165) is 27.6 Å². The quantitative estimate of drug-likeness (QED) is 0.310. The molecule has 0 fully saturated rings. The Balaban J connectivity index is 0.00000169. The van der Waals surface area contributed by atoms with E-state index in [1.165, 1.54) is 0 Å². The van der Waals surface area contributed by atoms with Gasteiger partial charge in [0.15, 0.2) is 11.0 Å². The third kappa shape index (κ3) is 2.20. The fraction of sp³-hybridized carbons (Fsp3) is 0.167. The molecule has 6 heteroatoms. The number of halogens is 1. The molecule has 0 unspecified atom stereocenters. The van der Waals surface area contributed by atoms with Crippen LogP contribution < -0.4 is 17.0 Å². The van der Waals surface area contributed by atoms with Gasteiger partial charge in [-0.15, -0.1) is 0 Å². The van der Waals surface area contributed by atoms with Crippen LogP contribution in [0.15, 0.2) is 54.6 Å². The van der Waals surface area contributed by atoms with E-state index in [2.05, 4.69) is 34.9 Å². The van der Waals surface area contributed by atoms with Gasteiger partial charge in [-0.05, 0) is 38.1 Å². The molecule has 0 saturated heterocycles. The first-order valence-electron chi connectivity index (χ1n) is 7.60. The Morgan fingerprint density at radius 2 is 1.79 bits per heavy atom. The van der Waals surface area contributed by atoms with Gasteiger partial charge in [-0.25, -0.2) is 4.57 Å². The molecule has 0 amide bonds. The summed E-state index contributed by atoms with van der Waals surface area (Å²) in [5.41, 5.74) is 4.44. The Bertz CT molecular complexity index is 1090. The van der Waals surface area contributed by atoms with Crippen LogP contribution in [0.4, 0.5) is 5.69 Å². The summed E-state index contributed by atoms with van der Waals surface area (Å²) in [6.45, 7) is 4.32. The summed E-state index contributed by atoms with van der Waals surface area (Å²) in [5, 5.41) is 11.9. The van der Waals surface area contributed by atoms with Gasteiger partial charge >= 0.3 is 0 Å². The molecule has 0 aliphatic heterocycles. The topological polar surface area (TPSA) is 51.4 Å². The number of fused-ring (bicyclic) bond motifs is 5. The summed E-state index contributed by atoms with van der Waals surface area (Å²) < 4.78 is 4.46. The van der Waals surface area contributed by atoms with Crippen molar-refractivity contribution >= 4 is 33.3 Å². The molecule has 0 atom stereocenters. The van der Waals surface area contributed by atoms with Crippen molar-refractivity contribution in [2.24, 2.45) is 0 Å². The number of non-ortho nitro benzene ring substituents is 1. The highest BCUT2D eigenvalue weighted by Gasteiger charge is 2.23. The lowest BCUT2D eigenvalue weighted by atomic mass is 10.2. The zero-order valence-corrected chi connectivity index (χ0v) is 14.1. The summed E-state index contributed by atoms with van der Waals surface area (Å²) in [6.07, 6.45) is 0. The third-order valence-electron chi connectivity index (χ3n) is 4.25. The van der Waals surface area contributed by atoms with Crippen LogP contribution in [-0.2, 0) is 0 Å². The number of imidazole rings is 1. The van der Waals surface area contributed by atoms with Crippen LogP contribution in [0.25, 0.3) is 27.6 Å². The van der Waals surface area contributed by atoms with Crippen LogP contribution in [-0.4, -0.2) is 9.32 Å². The van der Waals surface area contributed by atoms with E-state index >= 15 is 0 Å². The van der Waals surface area contributed by atoms with Gasteiger partial charge in [0.2, 0.25) is 0 Å². The van der Waals surface area contributed by atoms with Gasteiger partial charge in [0.1, 0.15) is 5.52 Å². The van der Waals surface area contributed by atoms with Crippen molar-refractivity contribution in [3.63, 3.8) is 0 Å². The zero-order chi connectivity index (χ0) is 16.1. The molecule has 0 aliphatic carbocycles. The van der Waals surface area contributed by atoms with Crippen molar-refractivity contribution in [3.05, 3.63) is 64.7 Å². The van der Waals surface area contributed by atoms with Crippen molar-refractivity contribution in [2.75, 3.05) is 0 Å². The van der Waals surface area contributed by atoms with Crippen molar-refractivity contribution in [3.8, 4) is 0 Å². The normalized spacial score (nSPS) is 11.3. The average Bonchev–Trinajstić information content (AvgIpc) is 2.89. The largest absolute Gasteiger partial charge is 1.00 e. The van der Waals surface area contributed by atoms with Crippen molar-refractivity contribution in [1.82, 2.24) is 4.40 Å². The number of nitro benzene ring substituents is 1. The van der Waals surface area contributed by atoms with Gasteiger partial charge in [0, 0.05) is 23.6 Å². The Labute approximate surface area is 144 Å². The maximum atomic E-state index is 11.0. The second kappa shape index (κ2) is 5.76. The van der Waals surface area contributed by atoms with Gasteiger partial charge in [-0.3, -0.25) is 10.1 Å². The zero-order valence-electron chi connectivity index (χ0n) is 13.3. The molecule has 0 saturated carbocycles. The van der Waals surface area contributed by atoms with Crippen molar-refractivity contribution in [2.45, 2.75) is 19.9 Å². The number of aromatic nitrogens is 2. The summed E-state index contributed by atoms with van der Waals surface area (Å²) >= 11 is 0. The molecule has 4 aromatic rings. The lowest BCUT2D eigenvalue weighted by Crippen LogP contribution is -3.00. The smallest absolute Gasteiger partial charge is 0.287 e. The molecule has 24 heavy (non-hydrogen) atoms. The minimum Gasteiger partial charge on any atom is -1.00 e. The average molecular weight is 342 g/mol. The second-order valence-corrected chi connectivity index (χ2v) is 5.98. The second-order valence-electron chi connectivity index (χ2n) is 5.98. The number of benzene rings is 2. The van der Waals surface area contributed by atoms with Crippen molar-refractivity contribution < 1.29 is 21.9 Å². The maximum Gasteiger partial charge on any atom is 0.287 e. The first-order valence-corrected chi connectivity index (χ1v) is 7.60. The first-order chi connectivity index (χ1) is 11.1. The molecule has 4 rings (SSSR count). The van der Waals surface area contributed by atoms with E-state index in [-0.39, 0.29) is 23.0 Å². The molecule has 122 valence electrons. The summed E-state index contributed by atoms with van der Waals surface area (Å²) in [5.74, 6) is 0. The predicted molar refractivity (Wildman–Crippen MR) is 89.6 cm³/mol. The van der Waals surface area contributed by atoms with Gasteiger partial charge in [-0.2, -0.15) is 4.40 Å². The van der Waals surface area contributed by atoms with Crippen LogP contribution in [0.2, 0.25) is 0 Å². The molecule has 0 spiro atoms. The monoisotopic (exact) mass is 341 g/mol. The number of nitrogens with zero attached hydrogens (tertiary/aromatic N) is 3. The van der Waals surface area contributed by atoms with Crippen molar-refractivity contribution in [1.29, 1.82) is 0 Å². The number of rotatable bonds is 2. The molecule has 2 heterocycles. The van der Waals surface area contributed by atoms with Crippen LogP contribution in [0.5, 0.6) is 0 Å². The molecule has 2 aromatic carbocycles. The van der Waals surface area contributed by atoms with E-state index in [0.29, 0.717) is 6.04 Å². The SMILES string of the molecule is CC(C)[n+]1c2ccccc2n2c3ccc([N+](=O)[O-])cc3ccc21.[Cl-]. The van der Waals surface area contributed by atoms with E-state index in [4.69, 9.17) is 0 Å². The summed E-state index contributed by atoms with van der Waals surface area (Å²) in [6, 6.07) is 17.6. The molecule has 0 aliphatic rings. The molecular formula is C18H16ClN3O2. The fourth-order valence-corrected chi connectivity index (χ4v) is 3.32. The van der Waals surface area contributed by atoms with E-state index < -0.39 is 0 Å². The van der Waals surface area contributed by atoms with E-state index in [9.17, 15) is 10.1 Å². The van der Waals surface area contributed by atoms with Gasteiger partial charge in [-0.1, -0.05) is 12.1 Å². The van der Waals surface area contributed by atoms with Crippen LogP contribution in [0, 0.1) is 10.1 Å². The highest BCUT2D eigenvalue weighted by Crippen LogP contribution is 2.26. The standard InChI is InChI=1S/C18H16N3O2.ClH/c1-12(2)19-16-5-3-4-6-17(16)20-15-9-8-14(21(22)23)11-13(15)7-10-18(19)20;/h3-12H,1-2H3;1H/q+1;/p-1. The Morgan fingerprint density at radius 3 is 2.50 bits per heavy atom. The number of pyridine rings is 1. The number of para-hydroxylation sites is 2. The maximum absolute atomic E-state index is 11.0. The van der Waals surface area contributed by atoms with E-state index in [1.807, 2.05) is 30.3 Å². The summed E-state index contributed by atoms with van der Waals surface area (Å²) in [7, 11) is 0. The minimum absolute atomic E-state index is 0. The molecule has 0 bridgehead atoms. The molecule has 0 N–H and O–H groups in total. The lowest BCUT2D eigenvalue weighted by molar-refractivity contribution is -0.666. The molecular weight excluding hydrogens is 326 g/mol. The molecule has 0 radical (unpaired) electrons. The minimum atomic E-state index is -0.355. The molecule has 5 nitrogen and oxygen atoms in total. The third-order valence-corrected chi connectivity index (χ3v) is 4.25. The van der Waals surface area contributed by atoms with Gasteiger partial charge in [0.25, 0.3) is 11.3 Å². The van der Waals surface area contributed by atoms with Crippen LogP contribution in [0.3, 0.4) is 0 Å².